The third-order valence-corrected chi connectivity index (χ3v) is 2.91. The molecule has 0 saturated heterocycles. The van der Waals surface area contributed by atoms with Gasteiger partial charge in [0, 0.05) is 25.0 Å². The molecular formula is C14H20ClNO. The fraction of sp³-hybridized carbons (Fsp3) is 0.500. The lowest BCUT2D eigenvalue weighted by Gasteiger charge is -2.18. The van der Waals surface area contributed by atoms with E-state index in [9.17, 15) is 4.79 Å². The largest absolute Gasteiger partial charge is 0.341 e. The Kier molecular flexibility index (Phi) is 5.49. The van der Waals surface area contributed by atoms with Gasteiger partial charge in [-0.15, -0.1) is 0 Å². The van der Waals surface area contributed by atoms with Crippen molar-refractivity contribution in [2.24, 2.45) is 5.92 Å². The number of nitrogens with zero attached hydrogens (tertiary/aromatic N) is 1. The molecule has 3 heteroatoms. The van der Waals surface area contributed by atoms with Crippen LogP contribution < -0.4 is 0 Å². The highest BCUT2D eigenvalue weighted by Crippen LogP contribution is 2.13. The zero-order chi connectivity index (χ0) is 12.8. The molecule has 0 saturated carbocycles. The molecule has 0 aliphatic rings. The van der Waals surface area contributed by atoms with Crippen LogP contribution in [0.25, 0.3) is 0 Å². The molecule has 0 bridgehead atoms. The highest BCUT2D eigenvalue weighted by atomic mass is 35.5. The molecule has 94 valence electrons. The van der Waals surface area contributed by atoms with E-state index in [2.05, 4.69) is 13.8 Å². The van der Waals surface area contributed by atoms with Crippen LogP contribution in [0.5, 0.6) is 0 Å². The van der Waals surface area contributed by atoms with Crippen LogP contribution in [0.2, 0.25) is 5.02 Å². The van der Waals surface area contributed by atoms with Crippen molar-refractivity contribution >= 4 is 17.5 Å². The normalized spacial score (nSPS) is 10.6. The summed E-state index contributed by atoms with van der Waals surface area (Å²) in [7, 11) is 1.84. The molecule has 0 unspecified atom stereocenters. The standard InChI is InChI=1S/C14H20ClNO/c1-11(2)7-8-14(17)16(3)10-12-5-4-6-13(15)9-12/h4-6,9,11H,7-8,10H2,1-3H3. The van der Waals surface area contributed by atoms with E-state index in [1.54, 1.807) is 4.90 Å². The Bertz CT molecular complexity index is 376. The van der Waals surface area contributed by atoms with Crippen molar-refractivity contribution in [3.8, 4) is 0 Å². The fourth-order valence-corrected chi connectivity index (χ4v) is 1.81. The predicted molar refractivity (Wildman–Crippen MR) is 72.0 cm³/mol. The van der Waals surface area contributed by atoms with Gasteiger partial charge in [-0.05, 0) is 30.0 Å². The van der Waals surface area contributed by atoms with Gasteiger partial charge in [0.05, 0.1) is 0 Å². The summed E-state index contributed by atoms with van der Waals surface area (Å²) in [5, 5.41) is 0.713. The van der Waals surface area contributed by atoms with Crippen LogP contribution in [-0.2, 0) is 11.3 Å². The number of amides is 1. The zero-order valence-corrected chi connectivity index (χ0v) is 11.5. The quantitative estimate of drug-likeness (QED) is 0.783. The molecule has 0 N–H and O–H groups in total. The molecule has 0 fully saturated rings. The third-order valence-electron chi connectivity index (χ3n) is 2.67. The summed E-state index contributed by atoms with van der Waals surface area (Å²) in [6.07, 6.45) is 1.56. The maximum Gasteiger partial charge on any atom is 0.222 e. The minimum atomic E-state index is 0.193. The topological polar surface area (TPSA) is 20.3 Å². The number of hydrogen-bond acceptors (Lipinski definition) is 1. The Labute approximate surface area is 109 Å². The number of hydrogen-bond donors (Lipinski definition) is 0. The van der Waals surface area contributed by atoms with Gasteiger partial charge in [0.2, 0.25) is 5.91 Å². The van der Waals surface area contributed by atoms with Crippen molar-refractivity contribution in [3.05, 3.63) is 34.9 Å². The van der Waals surface area contributed by atoms with E-state index in [1.807, 2.05) is 31.3 Å². The summed E-state index contributed by atoms with van der Waals surface area (Å²) in [6.45, 7) is 4.88. The smallest absolute Gasteiger partial charge is 0.222 e. The first-order valence-electron chi connectivity index (χ1n) is 5.97. The van der Waals surface area contributed by atoms with Gasteiger partial charge in [0.1, 0.15) is 0 Å². The van der Waals surface area contributed by atoms with Gasteiger partial charge in [0.25, 0.3) is 0 Å². The van der Waals surface area contributed by atoms with Gasteiger partial charge in [-0.1, -0.05) is 37.6 Å². The van der Waals surface area contributed by atoms with Gasteiger partial charge in [-0.2, -0.15) is 0 Å². The summed E-state index contributed by atoms with van der Waals surface area (Å²) in [5.74, 6) is 0.761. The van der Waals surface area contributed by atoms with Crippen molar-refractivity contribution in [1.29, 1.82) is 0 Å². The van der Waals surface area contributed by atoms with Crippen LogP contribution >= 0.6 is 11.6 Å². The maximum absolute atomic E-state index is 11.8. The summed E-state index contributed by atoms with van der Waals surface area (Å²) >= 11 is 5.91. The van der Waals surface area contributed by atoms with E-state index in [0.29, 0.717) is 23.9 Å². The zero-order valence-electron chi connectivity index (χ0n) is 10.7. The van der Waals surface area contributed by atoms with Crippen LogP contribution in [0.1, 0.15) is 32.3 Å². The maximum atomic E-state index is 11.8. The molecule has 1 aromatic carbocycles. The molecule has 1 aromatic rings. The van der Waals surface area contributed by atoms with Crippen LogP contribution in [0.3, 0.4) is 0 Å². The van der Waals surface area contributed by atoms with E-state index in [4.69, 9.17) is 11.6 Å². The van der Waals surface area contributed by atoms with Crippen LogP contribution in [0.4, 0.5) is 0 Å². The summed E-state index contributed by atoms with van der Waals surface area (Å²) in [5.41, 5.74) is 1.07. The number of carbonyl (C=O) groups excluding carboxylic acids is 1. The molecule has 0 spiro atoms. The molecule has 0 aliphatic carbocycles. The Morgan fingerprint density at radius 2 is 2.12 bits per heavy atom. The molecule has 1 rings (SSSR count). The highest BCUT2D eigenvalue weighted by molar-refractivity contribution is 6.30. The van der Waals surface area contributed by atoms with E-state index in [0.717, 1.165) is 12.0 Å². The average Bonchev–Trinajstić information content (AvgIpc) is 2.25. The second-order valence-electron chi connectivity index (χ2n) is 4.81. The number of carbonyl (C=O) groups is 1. The lowest BCUT2D eigenvalue weighted by molar-refractivity contribution is -0.130. The Hall–Kier alpha value is -1.02. The third kappa shape index (κ3) is 5.22. The van der Waals surface area contributed by atoms with Crippen LogP contribution in [0, 0.1) is 5.92 Å². The second-order valence-corrected chi connectivity index (χ2v) is 5.25. The van der Waals surface area contributed by atoms with Gasteiger partial charge in [-0.3, -0.25) is 4.79 Å². The summed E-state index contributed by atoms with van der Waals surface area (Å²) in [6, 6.07) is 7.63. The van der Waals surface area contributed by atoms with E-state index >= 15 is 0 Å². The summed E-state index contributed by atoms with van der Waals surface area (Å²) < 4.78 is 0. The van der Waals surface area contributed by atoms with Crippen molar-refractivity contribution in [3.63, 3.8) is 0 Å². The van der Waals surface area contributed by atoms with E-state index in [-0.39, 0.29) is 5.91 Å². The number of rotatable bonds is 5. The Balaban J connectivity index is 2.48. The molecule has 0 aliphatic heterocycles. The molecule has 1 amide bonds. The van der Waals surface area contributed by atoms with E-state index < -0.39 is 0 Å². The van der Waals surface area contributed by atoms with Crippen molar-refractivity contribution < 1.29 is 4.79 Å². The SMILES string of the molecule is CC(C)CCC(=O)N(C)Cc1cccc(Cl)c1. The molecule has 0 atom stereocenters. The monoisotopic (exact) mass is 253 g/mol. The average molecular weight is 254 g/mol. The Morgan fingerprint density at radius 1 is 1.41 bits per heavy atom. The molecule has 0 aromatic heterocycles. The van der Waals surface area contributed by atoms with E-state index in [1.165, 1.54) is 0 Å². The summed E-state index contributed by atoms with van der Waals surface area (Å²) in [4.78, 5) is 13.6. The Morgan fingerprint density at radius 3 is 2.71 bits per heavy atom. The van der Waals surface area contributed by atoms with Gasteiger partial charge in [0.15, 0.2) is 0 Å². The van der Waals surface area contributed by atoms with Crippen LogP contribution in [0.15, 0.2) is 24.3 Å². The minimum absolute atomic E-state index is 0.193. The first-order valence-corrected chi connectivity index (χ1v) is 6.35. The van der Waals surface area contributed by atoms with Gasteiger partial charge in [-0.25, -0.2) is 0 Å². The highest BCUT2D eigenvalue weighted by Gasteiger charge is 2.09. The van der Waals surface area contributed by atoms with Crippen molar-refractivity contribution in [2.45, 2.75) is 33.2 Å². The van der Waals surface area contributed by atoms with Crippen molar-refractivity contribution in [2.75, 3.05) is 7.05 Å². The van der Waals surface area contributed by atoms with Crippen LogP contribution in [-0.4, -0.2) is 17.9 Å². The number of halogens is 1. The molecular weight excluding hydrogens is 234 g/mol. The molecule has 0 heterocycles. The van der Waals surface area contributed by atoms with Gasteiger partial charge >= 0.3 is 0 Å². The fourth-order valence-electron chi connectivity index (χ4n) is 1.60. The lowest BCUT2D eigenvalue weighted by atomic mass is 10.1. The molecule has 0 radical (unpaired) electrons. The second kappa shape index (κ2) is 6.65. The predicted octanol–water partition coefficient (Wildman–Crippen LogP) is 3.73. The first-order chi connectivity index (χ1) is 7.99. The lowest BCUT2D eigenvalue weighted by Crippen LogP contribution is -2.26. The first kappa shape index (κ1) is 14.0. The molecule has 2 nitrogen and oxygen atoms in total. The van der Waals surface area contributed by atoms with Crippen molar-refractivity contribution in [1.82, 2.24) is 4.90 Å². The van der Waals surface area contributed by atoms with Gasteiger partial charge < -0.3 is 4.90 Å². The molecule has 17 heavy (non-hydrogen) atoms. The minimum Gasteiger partial charge on any atom is -0.341 e. The number of benzene rings is 1.